The summed E-state index contributed by atoms with van der Waals surface area (Å²) >= 11 is 12.3. The first-order valence-electron chi connectivity index (χ1n) is 9.68. The van der Waals surface area contributed by atoms with Gasteiger partial charge in [-0.1, -0.05) is 49.4 Å². The van der Waals surface area contributed by atoms with Crippen molar-refractivity contribution >= 4 is 39.2 Å². The van der Waals surface area contributed by atoms with E-state index in [4.69, 9.17) is 23.2 Å². The molecule has 1 aliphatic heterocycles. The van der Waals surface area contributed by atoms with Crippen LogP contribution in [0.15, 0.2) is 12.1 Å². The average Bonchev–Trinajstić information content (AvgIpc) is 2.97. The fraction of sp³-hybridized carbons (Fsp3) is 0.632. The Morgan fingerprint density at radius 3 is 2.33 bits per heavy atom. The lowest BCUT2D eigenvalue weighted by Gasteiger charge is -2.33. The van der Waals surface area contributed by atoms with Crippen LogP contribution in [0.3, 0.4) is 0 Å². The second-order valence-corrected chi connectivity index (χ2v) is 10.4. The van der Waals surface area contributed by atoms with Gasteiger partial charge in [0.25, 0.3) is 0 Å². The predicted molar refractivity (Wildman–Crippen MR) is 107 cm³/mol. The summed E-state index contributed by atoms with van der Waals surface area (Å²) in [7, 11) is -5.83. The van der Waals surface area contributed by atoms with Crippen molar-refractivity contribution in [1.82, 2.24) is 5.32 Å². The van der Waals surface area contributed by atoms with Crippen LogP contribution in [0.5, 0.6) is 5.75 Å². The van der Waals surface area contributed by atoms with Gasteiger partial charge in [-0.25, -0.2) is 0 Å². The highest BCUT2D eigenvalue weighted by atomic mass is 35.5. The topological polar surface area (TPSA) is 72.5 Å². The van der Waals surface area contributed by atoms with E-state index in [2.05, 4.69) is 16.4 Å². The van der Waals surface area contributed by atoms with Gasteiger partial charge >= 0.3 is 15.6 Å². The summed E-state index contributed by atoms with van der Waals surface area (Å²) in [5.74, 6) is -0.172. The molecule has 1 aromatic rings. The van der Waals surface area contributed by atoms with Crippen molar-refractivity contribution in [1.29, 1.82) is 0 Å². The standard InChI is InChI=1S/C19H22Cl2F3NO4S/c1-10-4-2-3-5-13(10)17-7-11(18(26)25-17)6-14-15(20)8-12(9-16(14)21)29-30(27,28)19(22,23)24/h8-11,13,17H,2-7H2,1H3,(H,25,26). The molecule has 1 saturated heterocycles. The van der Waals surface area contributed by atoms with Crippen LogP contribution in [0.4, 0.5) is 13.2 Å². The zero-order chi connectivity index (χ0) is 22.3. The SMILES string of the molecule is CC1CCCCC1C1CC(Cc2c(Cl)cc(OS(=O)(=O)C(F)(F)F)cc2Cl)C(=O)N1. The maximum absolute atomic E-state index is 12.5. The number of rotatable bonds is 5. The third kappa shape index (κ3) is 4.99. The number of halogens is 5. The Labute approximate surface area is 183 Å². The Bertz CT molecular complexity index is 900. The van der Waals surface area contributed by atoms with Gasteiger partial charge in [0, 0.05) is 34.1 Å². The van der Waals surface area contributed by atoms with Crippen molar-refractivity contribution in [3.05, 3.63) is 27.7 Å². The Hall–Kier alpha value is -1.19. The zero-order valence-electron chi connectivity index (χ0n) is 16.1. The molecule has 0 spiro atoms. The zero-order valence-corrected chi connectivity index (χ0v) is 18.5. The molecule has 3 rings (SSSR count). The van der Waals surface area contributed by atoms with Crippen LogP contribution in [-0.2, 0) is 21.3 Å². The number of carbonyl (C=O) groups excluding carboxylic acids is 1. The van der Waals surface area contributed by atoms with Gasteiger partial charge < -0.3 is 9.50 Å². The van der Waals surface area contributed by atoms with Crippen molar-refractivity contribution in [2.75, 3.05) is 0 Å². The van der Waals surface area contributed by atoms with Crippen LogP contribution < -0.4 is 9.50 Å². The lowest BCUT2D eigenvalue weighted by Crippen LogP contribution is -2.37. The summed E-state index contributed by atoms with van der Waals surface area (Å²) in [6.07, 6.45) is 5.38. The van der Waals surface area contributed by atoms with Crippen LogP contribution in [0.1, 0.15) is 44.6 Å². The van der Waals surface area contributed by atoms with E-state index in [1.165, 1.54) is 6.42 Å². The van der Waals surface area contributed by atoms with Gasteiger partial charge in [-0.15, -0.1) is 0 Å². The quantitative estimate of drug-likeness (QED) is 0.463. The molecule has 1 saturated carbocycles. The fourth-order valence-corrected chi connectivity index (χ4v) is 5.48. The van der Waals surface area contributed by atoms with Crippen molar-refractivity contribution < 1.29 is 30.6 Å². The van der Waals surface area contributed by atoms with Crippen LogP contribution in [0, 0.1) is 17.8 Å². The minimum absolute atomic E-state index is 0.0582. The van der Waals surface area contributed by atoms with Crippen molar-refractivity contribution in [2.45, 2.75) is 57.0 Å². The lowest BCUT2D eigenvalue weighted by atomic mass is 9.75. The monoisotopic (exact) mass is 487 g/mol. The summed E-state index contributed by atoms with van der Waals surface area (Å²) in [6, 6.07) is 1.99. The van der Waals surface area contributed by atoms with Crippen molar-refractivity contribution in [3.63, 3.8) is 0 Å². The van der Waals surface area contributed by atoms with E-state index in [1.54, 1.807) is 0 Å². The van der Waals surface area contributed by atoms with E-state index >= 15 is 0 Å². The summed E-state index contributed by atoms with van der Waals surface area (Å²) in [4.78, 5) is 12.5. The van der Waals surface area contributed by atoms with E-state index in [0.717, 1.165) is 31.4 Å². The molecule has 0 aromatic heterocycles. The van der Waals surface area contributed by atoms with Gasteiger partial charge in [0.05, 0.1) is 0 Å². The van der Waals surface area contributed by atoms with Gasteiger partial charge in [-0.05, 0) is 36.7 Å². The number of nitrogens with one attached hydrogen (secondary N) is 1. The van der Waals surface area contributed by atoms with E-state index in [9.17, 15) is 26.4 Å². The minimum Gasteiger partial charge on any atom is -0.376 e. The predicted octanol–water partition coefficient (Wildman–Crippen LogP) is 5.10. The minimum atomic E-state index is -5.83. The molecular formula is C19H22Cl2F3NO4S. The normalized spacial score (nSPS) is 27.7. The summed E-state index contributed by atoms with van der Waals surface area (Å²) in [5.41, 5.74) is -5.20. The maximum atomic E-state index is 12.5. The molecule has 30 heavy (non-hydrogen) atoms. The summed E-state index contributed by atoms with van der Waals surface area (Å²) in [5, 5.41) is 2.95. The lowest BCUT2D eigenvalue weighted by molar-refractivity contribution is -0.122. The summed E-state index contributed by atoms with van der Waals surface area (Å²) in [6.45, 7) is 2.20. The number of alkyl halides is 3. The average molecular weight is 488 g/mol. The number of benzene rings is 1. The Morgan fingerprint density at radius 1 is 1.17 bits per heavy atom. The largest absolute Gasteiger partial charge is 0.534 e. The van der Waals surface area contributed by atoms with Crippen LogP contribution in [-0.4, -0.2) is 25.9 Å². The molecule has 2 fully saturated rings. The molecule has 11 heteroatoms. The number of amides is 1. The molecule has 1 N–H and O–H groups in total. The fourth-order valence-electron chi connectivity index (χ4n) is 4.42. The van der Waals surface area contributed by atoms with Crippen molar-refractivity contribution in [2.24, 2.45) is 17.8 Å². The molecule has 4 unspecified atom stereocenters. The Kier molecular flexibility index (Phi) is 6.84. The van der Waals surface area contributed by atoms with E-state index < -0.39 is 21.4 Å². The molecule has 1 aliphatic carbocycles. The van der Waals surface area contributed by atoms with Crippen LogP contribution in [0.25, 0.3) is 0 Å². The molecule has 168 valence electrons. The molecule has 2 aliphatic rings. The van der Waals surface area contributed by atoms with Gasteiger partial charge in [-0.2, -0.15) is 21.6 Å². The first-order chi connectivity index (χ1) is 13.9. The van der Waals surface area contributed by atoms with Gasteiger partial charge in [0.1, 0.15) is 5.75 Å². The van der Waals surface area contributed by atoms with E-state index in [0.29, 0.717) is 23.8 Å². The van der Waals surface area contributed by atoms with E-state index in [-0.39, 0.29) is 34.3 Å². The molecule has 5 nitrogen and oxygen atoms in total. The smallest absolute Gasteiger partial charge is 0.376 e. The summed E-state index contributed by atoms with van der Waals surface area (Å²) < 4.78 is 64.0. The maximum Gasteiger partial charge on any atom is 0.534 e. The number of carbonyl (C=O) groups is 1. The highest BCUT2D eigenvalue weighted by Gasteiger charge is 2.48. The molecule has 0 bridgehead atoms. The highest BCUT2D eigenvalue weighted by molar-refractivity contribution is 7.88. The number of hydrogen-bond donors (Lipinski definition) is 1. The van der Waals surface area contributed by atoms with E-state index in [1.807, 2.05) is 0 Å². The van der Waals surface area contributed by atoms with Crippen molar-refractivity contribution in [3.8, 4) is 5.75 Å². The molecular weight excluding hydrogens is 466 g/mol. The van der Waals surface area contributed by atoms with Crippen LogP contribution >= 0.6 is 23.2 Å². The molecule has 4 atom stereocenters. The Morgan fingerprint density at radius 2 is 1.77 bits per heavy atom. The second-order valence-electron chi connectivity index (χ2n) is 8.03. The Balaban J connectivity index is 1.73. The third-order valence-corrected chi connectivity index (χ3v) is 7.64. The highest BCUT2D eigenvalue weighted by Crippen LogP contribution is 2.39. The number of hydrogen-bond acceptors (Lipinski definition) is 4. The van der Waals surface area contributed by atoms with Crippen LogP contribution in [0.2, 0.25) is 10.0 Å². The molecule has 1 heterocycles. The third-order valence-electron chi connectivity index (χ3n) is 5.99. The van der Waals surface area contributed by atoms with Gasteiger partial charge in [0.15, 0.2) is 0 Å². The first kappa shape index (κ1) is 23.5. The van der Waals surface area contributed by atoms with Gasteiger partial charge in [-0.3, -0.25) is 4.79 Å². The van der Waals surface area contributed by atoms with Gasteiger partial charge in [0.2, 0.25) is 5.91 Å². The molecule has 0 radical (unpaired) electrons. The molecule has 1 aromatic carbocycles. The second kappa shape index (κ2) is 8.74. The molecule has 1 amide bonds. The first-order valence-corrected chi connectivity index (χ1v) is 11.8.